The molecule has 106 valence electrons. The number of aromatic nitrogens is 1. The summed E-state index contributed by atoms with van der Waals surface area (Å²) in [6.45, 7) is 0.911. The van der Waals surface area contributed by atoms with E-state index in [2.05, 4.69) is 0 Å². The van der Waals surface area contributed by atoms with Gasteiger partial charge < -0.3 is 14.4 Å². The van der Waals surface area contributed by atoms with Gasteiger partial charge in [-0.1, -0.05) is 23.7 Å². The highest BCUT2D eigenvalue weighted by molar-refractivity contribution is 6.30. The van der Waals surface area contributed by atoms with Gasteiger partial charge in [0.25, 0.3) is 5.56 Å². The van der Waals surface area contributed by atoms with Crippen molar-refractivity contribution in [3.63, 3.8) is 0 Å². The van der Waals surface area contributed by atoms with E-state index in [4.69, 9.17) is 16.3 Å². The minimum absolute atomic E-state index is 0.0126. The highest BCUT2D eigenvalue weighted by Crippen LogP contribution is 2.18. The van der Waals surface area contributed by atoms with Gasteiger partial charge in [-0.3, -0.25) is 4.79 Å². The molecule has 0 saturated carbocycles. The van der Waals surface area contributed by atoms with Gasteiger partial charge in [-0.2, -0.15) is 0 Å². The van der Waals surface area contributed by atoms with Crippen molar-refractivity contribution in [2.24, 2.45) is 0 Å². The standard InChI is InChI=1S/C15H16ClNO3/c1-20-9-8-17-7-6-14(18)13(15(17)19)10-11-2-4-12(16)5-3-11/h2-7,18H,8-10H2,1H3. The highest BCUT2D eigenvalue weighted by Gasteiger charge is 2.10. The van der Waals surface area contributed by atoms with Crippen molar-refractivity contribution in [2.75, 3.05) is 13.7 Å². The van der Waals surface area contributed by atoms with Crippen molar-refractivity contribution < 1.29 is 9.84 Å². The smallest absolute Gasteiger partial charge is 0.257 e. The second kappa shape index (κ2) is 6.59. The first-order chi connectivity index (χ1) is 9.61. The number of nitrogens with zero attached hydrogens (tertiary/aromatic N) is 1. The molecule has 20 heavy (non-hydrogen) atoms. The van der Waals surface area contributed by atoms with Crippen molar-refractivity contribution in [1.82, 2.24) is 4.57 Å². The average molecular weight is 294 g/mol. The van der Waals surface area contributed by atoms with Crippen LogP contribution in [0.1, 0.15) is 11.1 Å². The van der Waals surface area contributed by atoms with Gasteiger partial charge in [0.15, 0.2) is 0 Å². The van der Waals surface area contributed by atoms with E-state index >= 15 is 0 Å². The lowest BCUT2D eigenvalue weighted by molar-refractivity contribution is 0.186. The van der Waals surface area contributed by atoms with Crippen LogP contribution in [-0.4, -0.2) is 23.4 Å². The Balaban J connectivity index is 2.30. The molecule has 0 fully saturated rings. The SMILES string of the molecule is COCCn1ccc(O)c(Cc2ccc(Cl)cc2)c1=O. The molecule has 0 saturated heterocycles. The fourth-order valence-corrected chi connectivity index (χ4v) is 2.08. The molecule has 0 unspecified atom stereocenters. The summed E-state index contributed by atoms with van der Waals surface area (Å²) < 4.78 is 6.50. The lowest BCUT2D eigenvalue weighted by atomic mass is 10.1. The van der Waals surface area contributed by atoms with E-state index in [0.29, 0.717) is 30.2 Å². The highest BCUT2D eigenvalue weighted by atomic mass is 35.5. The Morgan fingerprint density at radius 1 is 1.25 bits per heavy atom. The summed E-state index contributed by atoms with van der Waals surface area (Å²) in [5.41, 5.74) is 1.11. The van der Waals surface area contributed by atoms with Crippen LogP contribution in [0.3, 0.4) is 0 Å². The molecule has 1 N–H and O–H groups in total. The van der Waals surface area contributed by atoms with Crippen molar-refractivity contribution in [2.45, 2.75) is 13.0 Å². The summed E-state index contributed by atoms with van der Waals surface area (Å²) in [5.74, 6) is 0.0126. The molecule has 0 aliphatic carbocycles. The molecule has 0 amide bonds. The molecule has 4 nitrogen and oxygen atoms in total. The van der Waals surface area contributed by atoms with Gasteiger partial charge >= 0.3 is 0 Å². The number of methoxy groups -OCH3 is 1. The van der Waals surface area contributed by atoms with Crippen molar-refractivity contribution >= 4 is 11.6 Å². The van der Waals surface area contributed by atoms with E-state index in [0.717, 1.165) is 5.56 Å². The molecule has 0 spiro atoms. The van der Waals surface area contributed by atoms with Crippen LogP contribution >= 0.6 is 11.6 Å². The van der Waals surface area contributed by atoms with E-state index in [-0.39, 0.29) is 11.3 Å². The second-order valence-corrected chi connectivity index (χ2v) is 4.91. The first-order valence-corrected chi connectivity index (χ1v) is 6.64. The molecular formula is C15H16ClNO3. The number of rotatable bonds is 5. The zero-order chi connectivity index (χ0) is 14.5. The first kappa shape index (κ1) is 14.6. The second-order valence-electron chi connectivity index (χ2n) is 4.47. The first-order valence-electron chi connectivity index (χ1n) is 6.26. The molecule has 1 heterocycles. The van der Waals surface area contributed by atoms with E-state index in [1.807, 2.05) is 12.1 Å². The zero-order valence-electron chi connectivity index (χ0n) is 11.2. The fraction of sp³-hybridized carbons (Fsp3) is 0.267. The Morgan fingerprint density at radius 2 is 1.95 bits per heavy atom. The Bertz CT molecular complexity index is 635. The van der Waals surface area contributed by atoms with Crippen molar-refractivity contribution in [1.29, 1.82) is 0 Å². The zero-order valence-corrected chi connectivity index (χ0v) is 11.9. The van der Waals surface area contributed by atoms with Gasteiger partial charge in [0, 0.05) is 31.3 Å². The number of halogens is 1. The third-order valence-corrected chi connectivity index (χ3v) is 3.32. The topological polar surface area (TPSA) is 51.5 Å². The Kier molecular flexibility index (Phi) is 4.82. The van der Waals surface area contributed by atoms with Gasteiger partial charge in [-0.25, -0.2) is 0 Å². The van der Waals surface area contributed by atoms with Crippen LogP contribution in [0, 0.1) is 0 Å². The van der Waals surface area contributed by atoms with Gasteiger partial charge in [0.1, 0.15) is 5.75 Å². The van der Waals surface area contributed by atoms with E-state index in [9.17, 15) is 9.90 Å². The number of pyridine rings is 1. The maximum atomic E-state index is 12.3. The molecule has 0 atom stereocenters. The largest absolute Gasteiger partial charge is 0.507 e. The Hall–Kier alpha value is -1.78. The Morgan fingerprint density at radius 3 is 2.60 bits per heavy atom. The molecule has 1 aromatic carbocycles. The van der Waals surface area contributed by atoms with Gasteiger partial charge in [-0.05, 0) is 23.8 Å². The maximum absolute atomic E-state index is 12.3. The van der Waals surface area contributed by atoms with Crippen molar-refractivity contribution in [3.05, 3.63) is 63.0 Å². The summed E-state index contributed by atoms with van der Waals surface area (Å²) in [6.07, 6.45) is 1.94. The lowest BCUT2D eigenvalue weighted by Crippen LogP contribution is -2.25. The molecule has 2 aromatic rings. The van der Waals surface area contributed by atoms with Crippen LogP contribution in [-0.2, 0) is 17.7 Å². The summed E-state index contributed by atoms with van der Waals surface area (Å²) in [7, 11) is 1.58. The Labute approximate surface area is 122 Å². The van der Waals surface area contributed by atoms with E-state index < -0.39 is 0 Å². The summed E-state index contributed by atoms with van der Waals surface area (Å²) in [4.78, 5) is 12.3. The minimum Gasteiger partial charge on any atom is -0.507 e. The molecule has 0 bridgehead atoms. The molecule has 0 aliphatic rings. The molecule has 0 radical (unpaired) electrons. The lowest BCUT2D eigenvalue weighted by Gasteiger charge is -2.09. The number of hydrogen-bond acceptors (Lipinski definition) is 3. The average Bonchev–Trinajstić information content (AvgIpc) is 2.45. The number of hydrogen-bond donors (Lipinski definition) is 1. The minimum atomic E-state index is -0.197. The fourth-order valence-electron chi connectivity index (χ4n) is 1.95. The predicted molar refractivity (Wildman–Crippen MR) is 78.5 cm³/mol. The molecule has 1 aromatic heterocycles. The van der Waals surface area contributed by atoms with Crippen LogP contribution in [0.4, 0.5) is 0 Å². The van der Waals surface area contributed by atoms with Gasteiger partial charge in [0.05, 0.1) is 12.2 Å². The molecule has 2 rings (SSSR count). The number of aromatic hydroxyl groups is 1. The number of benzene rings is 1. The molecule has 5 heteroatoms. The van der Waals surface area contributed by atoms with Crippen LogP contribution < -0.4 is 5.56 Å². The summed E-state index contributed by atoms with van der Waals surface area (Å²) in [6, 6.07) is 8.74. The van der Waals surface area contributed by atoms with Gasteiger partial charge in [-0.15, -0.1) is 0 Å². The quantitative estimate of drug-likeness (QED) is 0.921. The normalized spacial score (nSPS) is 10.7. The van der Waals surface area contributed by atoms with Crippen molar-refractivity contribution in [3.8, 4) is 5.75 Å². The van der Waals surface area contributed by atoms with E-state index in [1.165, 1.54) is 10.6 Å². The monoisotopic (exact) mass is 293 g/mol. The van der Waals surface area contributed by atoms with E-state index in [1.54, 1.807) is 25.4 Å². The van der Waals surface area contributed by atoms with Crippen LogP contribution in [0.2, 0.25) is 5.02 Å². The number of ether oxygens (including phenoxy) is 1. The maximum Gasteiger partial charge on any atom is 0.257 e. The van der Waals surface area contributed by atoms with Gasteiger partial charge in [0.2, 0.25) is 0 Å². The van der Waals surface area contributed by atoms with Crippen LogP contribution in [0.5, 0.6) is 5.75 Å². The summed E-state index contributed by atoms with van der Waals surface area (Å²) in [5, 5.41) is 10.5. The predicted octanol–water partition coefficient (Wildman–Crippen LogP) is 2.44. The van der Waals surface area contributed by atoms with Crippen LogP contribution in [0.25, 0.3) is 0 Å². The third kappa shape index (κ3) is 3.40. The van der Waals surface area contributed by atoms with Crippen LogP contribution in [0.15, 0.2) is 41.3 Å². The molecule has 0 aliphatic heterocycles. The third-order valence-electron chi connectivity index (χ3n) is 3.07. The molecular weight excluding hydrogens is 278 g/mol. The summed E-state index contributed by atoms with van der Waals surface area (Å²) >= 11 is 5.83.